The molecule has 1 aliphatic heterocycles. The lowest BCUT2D eigenvalue weighted by Gasteiger charge is -2.38. The molecule has 0 aliphatic carbocycles. The Labute approximate surface area is 122 Å². The number of phenols is 1. The van der Waals surface area contributed by atoms with Gasteiger partial charge in [0.1, 0.15) is 17.1 Å². The third-order valence-electron chi connectivity index (χ3n) is 4.34. The van der Waals surface area contributed by atoms with Gasteiger partial charge in [-0.2, -0.15) is 0 Å². The topological polar surface area (TPSA) is 77.8 Å². The van der Waals surface area contributed by atoms with Crippen LogP contribution < -0.4 is 0 Å². The standard InChI is InChI=1S/C15H18FNO4/c1-2-15(14(20)21)6-8-17(9-7-15)13(19)12-10(16)4-3-5-11(12)18/h3-5,18H,2,6-9H2,1H3,(H,20,21). The molecule has 1 fully saturated rings. The summed E-state index contributed by atoms with van der Waals surface area (Å²) in [5, 5.41) is 19.0. The van der Waals surface area contributed by atoms with Gasteiger partial charge in [-0.3, -0.25) is 9.59 Å². The minimum absolute atomic E-state index is 0.243. The van der Waals surface area contributed by atoms with Crippen molar-refractivity contribution >= 4 is 11.9 Å². The number of halogens is 1. The summed E-state index contributed by atoms with van der Waals surface area (Å²) < 4.78 is 13.7. The fourth-order valence-corrected chi connectivity index (χ4v) is 2.74. The monoisotopic (exact) mass is 295 g/mol. The minimum atomic E-state index is -0.856. The molecule has 1 aromatic carbocycles. The van der Waals surface area contributed by atoms with Crippen LogP contribution in [0.4, 0.5) is 4.39 Å². The summed E-state index contributed by atoms with van der Waals surface area (Å²) in [4.78, 5) is 25.0. The van der Waals surface area contributed by atoms with Crippen molar-refractivity contribution in [3.8, 4) is 5.75 Å². The van der Waals surface area contributed by atoms with Crippen molar-refractivity contribution < 1.29 is 24.2 Å². The van der Waals surface area contributed by atoms with Crippen LogP contribution in [0.3, 0.4) is 0 Å². The molecule has 21 heavy (non-hydrogen) atoms. The predicted octanol–water partition coefficient (Wildman–Crippen LogP) is 2.25. The van der Waals surface area contributed by atoms with E-state index in [1.165, 1.54) is 17.0 Å². The number of carboxylic acid groups (broad SMARTS) is 1. The van der Waals surface area contributed by atoms with E-state index in [1.807, 2.05) is 6.92 Å². The molecule has 1 saturated heterocycles. The summed E-state index contributed by atoms with van der Waals surface area (Å²) in [5.41, 5.74) is -1.16. The van der Waals surface area contributed by atoms with Crippen LogP contribution in [0.25, 0.3) is 0 Å². The Morgan fingerprint density at radius 1 is 1.33 bits per heavy atom. The van der Waals surface area contributed by atoms with E-state index in [0.717, 1.165) is 6.07 Å². The first-order valence-corrected chi connectivity index (χ1v) is 6.91. The Kier molecular flexibility index (Phi) is 4.16. The van der Waals surface area contributed by atoms with Crippen LogP contribution >= 0.6 is 0 Å². The first kappa shape index (κ1) is 15.3. The average molecular weight is 295 g/mol. The number of carbonyl (C=O) groups excluding carboxylic acids is 1. The number of piperidine rings is 1. The number of hydrogen-bond acceptors (Lipinski definition) is 3. The van der Waals surface area contributed by atoms with E-state index in [9.17, 15) is 24.2 Å². The molecule has 0 spiro atoms. The van der Waals surface area contributed by atoms with Gasteiger partial charge in [-0.1, -0.05) is 13.0 Å². The van der Waals surface area contributed by atoms with E-state index in [-0.39, 0.29) is 18.7 Å². The molecule has 0 unspecified atom stereocenters. The molecule has 6 heteroatoms. The molecule has 1 heterocycles. The summed E-state index contributed by atoms with van der Waals surface area (Å²) in [6.07, 6.45) is 1.16. The number of hydrogen-bond donors (Lipinski definition) is 2. The molecule has 2 rings (SSSR count). The number of likely N-dealkylation sites (tertiary alicyclic amines) is 1. The number of nitrogens with zero attached hydrogens (tertiary/aromatic N) is 1. The largest absolute Gasteiger partial charge is 0.507 e. The maximum Gasteiger partial charge on any atom is 0.309 e. The van der Waals surface area contributed by atoms with Crippen LogP contribution in [0.15, 0.2) is 18.2 Å². The predicted molar refractivity (Wildman–Crippen MR) is 73.6 cm³/mol. The van der Waals surface area contributed by atoms with Gasteiger partial charge >= 0.3 is 5.97 Å². The van der Waals surface area contributed by atoms with Gasteiger partial charge in [0.2, 0.25) is 0 Å². The molecule has 0 aromatic heterocycles. The number of carbonyl (C=O) groups is 2. The second-order valence-electron chi connectivity index (χ2n) is 5.37. The summed E-state index contributed by atoms with van der Waals surface area (Å²) in [5.74, 6) is -2.62. The maximum absolute atomic E-state index is 13.7. The lowest BCUT2D eigenvalue weighted by molar-refractivity contribution is -0.152. The second-order valence-corrected chi connectivity index (χ2v) is 5.37. The Hall–Kier alpha value is -2.11. The van der Waals surface area contributed by atoms with Crippen LogP contribution in [0.1, 0.15) is 36.5 Å². The lowest BCUT2D eigenvalue weighted by atomic mass is 9.76. The zero-order valence-corrected chi connectivity index (χ0v) is 11.8. The number of benzene rings is 1. The van der Waals surface area contributed by atoms with Gasteiger partial charge in [0.25, 0.3) is 5.91 Å². The van der Waals surface area contributed by atoms with Crippen molar-refractivity contribution in [3.05, 3.63) is 29.6 Å². The van der Waals surface area contributed by atoms with Crippen molar-refractivity contribution in [1.82, 2.24) is 4.90 Å². The van der Waals surface area contributed by atoms with Gasteiger partial charge in [0, 0.05) is 13.1 Å². The molecule has 1 amide bonds. The molecule has 0 radical (unpaired) electrons. The highest BCUT2D eigenvalue weighted by molar-refractivity contribution is 5.97. The summed E-state index contributed by atoms with van der Waals surface area (Å²) in [7, 11) is 0. The SMILES string of the molecule is CCC1(C(=O)O)CCN(C(=O)c2c(O)cccc2F)CC1. The van der Waals surface area contributed by atoms with Crippen molar-refractivity contribution in [2.75, 3.05) is 13.1 Å². The smallest absolute Gasteiger partial charge is 0.309 e. The number of carboxylic acids is 1. The van der Waals surface area contributed by atoms with Crippen LogP contribution in [-0.4, -0.2) is 40.1 Å². The Balaban J connectivity index is 2.16. The average Bonchev–Trinajstić information content (AvgIpc) is 2.46. The van der Waals surface area contributed by atoms with E-state index in [4.69, 9.17) is 0 Å². The molecule has 114 valence electrons. The van der Waals surface area contributed by atoms with Gasteiger partial charge in [0.15, 0.2) is 0 Å². The van der Waals surface area contributed by atoms with Gasteiger partial charge in [0.05, 0.1) is 5.41 Å². The van der Waals surface area contributed by atoms with Crippen molar-refractivity contribution in [3.63, 3.8) is 0 Å². The number of aromatic hydroxyl groups is 1. The molecular formula is C15H18FNO4. The van der Waals surface area contributed by atoms with E-state index >= 15 is 0 Å². The van der Waals surface area contributed by atoms with Crippen molar-refractivity contribution in [2.24, 2.45) is 5.41 Å². The highest BCUT2D eigenvalue weighted by Crippen LogP contribution is 2.36. The van der Waals surface area contributed by atoms with E-state index < -0.39 is 28.9 Å². The van der Waals surface area contributed by atoms with E-state index in [0.29, 0.717) is 19.3 Å². The summed E-state index contributed by atoms with van der Waals surface area (Å²) in [6.45, 7) is 2.30. The first-order valence-electron chi connectivity index (χ1n) is 6.91. The quantitative estimate of drug-likeness (QED) is 0.896. The summed E-state index contributed by atoms with van der Waals surface area (Å²) >= 11 is 0. The number of aliphatic carboxylic acids is 1. The van der Waals surface area contributed by atoms with E-state index in [1.54, 1.807) is 0 Å². The molecule has 0 saturated carbocycles. The maximum atomic E-state index is 13.7. The Morgan fingerprint density at radius 3 is 2.43 bits per heavy atom. The van der Waals surface area contributed by atoms with Crippen molar-refractivity contribution in [2.45, 2.75) is 26.2 Å². The number of amides is 1. The minimum Gasteiger partial charge on any atom is -0.507 e. The zero-order chi connectivity index (χ0) is 15.6. The molecule has 2 N–H and O–H groups in total. The molecule has 0 bridgehead atoms. The fraction of sp³-hybridized carbons (Fsp3) is 0.467. The Bertz CT molecular complexity index is 545. The van der Waals surface area contributed by atoms with Gasteiger partial charge in [-0.25, -0.2) is 4.39 Å². The second kappa shape index (κ2) is 5.71. The molecular weight excluding hydrogens is 277 g/mol. The van der Waals surface area contributed by atoms with Crippen LogP contribution in [0.2, 0.25) is 0 Å². The van der Waals surface area contributed by atoms with Gasteiger partial charge < -0.3 is 15.1 Å². The fourth-order valence-electron chi connectivity index (χ4n) is 2.74. The van der Waals surface area contributed by atoms with Crippen molar-refractivity contribution in [1.29, 1.82) is 0 Å². The summed E-state index contributed by atoms with van der Waals surface area (Å²) in [6, 6.07) is 3.70. The zero-order valence-electron chi connectivity index (χ0n) is 11.8. The highest BCUT2D eigenvalue weighted by Gasteiger charge is 2.41. The number of phenolic OH excluding ortho intramolecular Hbond substituents is 1. The normalized spacial score (nSPS) is 17.5. The van der Waals surface area contributed by atoms with Gasteiger partial charge in [-0.15, -0.1) is 0 Å². The molecule has 1 aliphatic rings. The van der Waals surface area contributed by atoms with E-state index in [2.05, 4.69) is 0 Å². The van der Waals surface area contributed by atoms with Crippen LogP contribution in [-0.2, 0) is 4.79 Å². The van der Waals surface area contributed by atoms with Crippen LogP contribution in [0, 0.1) is 11.2 Å². The third kappa shape index (κ3) is 2.70. The first-order chi connectivity index (χ1) is 9.91. The Morgan fingerprint density at radius 2 is 1.95 bits per heavy atom. The highest BCUT2D eigenvalue weighted by atomic mass is 19.1. The molecule has 1 aromatic rings. The number of rotatable bonds is 3. The third-order valence-corrected chi connectivity index (χ3v) is 4.34. The lowest BCUT2D eigenvalue weighted by Crippen LogP contribution is -2.46. The van der Waals surface area contributed by atoms with Crippen LogP contribution in [0.5, 0.6) is 5.75 Å². The molecule has 0 atom stereocenters. The molecule has 5 nitrogen and oxygen atoms in total. The van der Waals surface area contributed by atoms with Gasteiger partial charge in [-0.05, 0) is 31.4 Å².